The van der Waals surface area contributed by atoms with Crippen LogP contribution in [0.3, 0.4) is 0 Å². The largest absolute Gasteiger partial charge is 0.494 e. The molecule has 3 atom stereocenters. The molecule has 1 aliphatic rings. The van der Waals surface area contributed by atoms with Gasteiger partial charge in [0.1, 0.15) is 11.4 Å². The molecule has 1 saturated carbocycles. The molecule has 1 aromatic heterocycles. The number of ether oxygens (including phenoxy) is 2. The summed E-state index contributed by atoms with van der Waals surface area (Å²) in [5, 5.41) is 21.0. The highest BCUT2D eigenvalue weighted by molar-refractivity contribution is 9.10. The molecule has 0 bridgehead atoms. The van der Waals surface area contributed by atoms with Crippen LogP contribution < -0.4 is 4.74 Å². The Morgan fingerprint density at radius 1 is 1.44 bits per heavy atom. The van der Waals surface area contributed by atoms with E-state index in [9.17, 15) is 15.0 Å². The molecule has 0 aromatic carbocycles. The molecule has 0 aliphatic heterocycles. The van der Waals surface area contributed by atoms with Gasteiger partial charge in [0.2, 0.25) is 0 Å². The highest BCUT2D eigenvalue weighted by Crippen LogP contribution is 2.54. The smallest absolute Gasteiger partial charge is 0.303 e. The first-order valence-electron chi connectivity index (χ1n) is 8.39. The molecule has 1 fully saturated rings. The highest BCUT2D eigenvalue weighted by atomic mass is 79.9. The zero-order valence-corrected chi connectivity index (χ0v) is 16.7. The van der Waals surface area contributed by atoms with E-state index < -0.39 is 29.7 Å². The molecule has 0 amide bonds. The summed E-state index contributed by atoms with van der Waals surface area (Å²) in [6.45, 7) is 4.64. The first kappa shape index (κ1) is 20.1. The lowest BCUT2D eigenvalue weighted by molar-refractivity contribution is -0.199. The van der Waals surface area contributed by atoms with Crippen LogP contribution in [0.25, 0.3) is 0 Å². The van der Waals surface area contributed by atoms with Gasteiger partial charge in [0.05, 0.1) is 19.3 Å². The van der Waals surface area contributed by atoms with Gasteiger partial charge in [-0.3, -0.25) is 9.78 Å². The van der Waals surface area contributed by atoms with Crippen molar-refractivity contribution in [1.82, 2.24) is 4.98 Å². The minimum atomic E-state index is -1.36. The number of carbonyl (C=O) groups excluding carboxylic acids is 1. The van der Waals surface area contributed by atoms with Crippen LogP contribution in [0.1, 0.15) is 56.9 Å². The quantitative estimate of drug-likeness (QED) is 0.718. The van der Waals surface area contributed by atoms with Gasteiger partial charge in [0, 0.05) is 28.6 Å². The molecule has 1 heterocycles. The van der Waals surface area contributed by atoms with Gasteiger partial charge in [-0.15, -0.1) is 0 Å². The van der Waals surface area contributed by atoms with Crippen molar-refractivity contribution in [2.45, 2.75) is 58.2 Å². The number of aliphatic hydroxyl groups excluding tert-OH is 1. The van der Waals surface area contributed by atoms with E-state index in [4.69, 9.17) is 9.47 Å². The lowest BCUT2D eigenvalue weighted by atomic mass is 9.60. The van der Waals surface area contributed by atoms with Gasteiger partial charge in [-0.2, -0.15) is 0 Å². The Morgan fingerprint density at radius 2 is 2.08 bits per heavy atom. The molecule has 6 nitrogen and oxygen atoms in total. The number of methoxy groups -OCH3 is 1. The second kappa shape index (κ2) is 7.60. The maximum absolute atomic E-state index is 11.8. The molecular weight excluding hydrogens is 390 g/mol. The number of aromatic nitrogens is 1. The predicted octanol–water partition coefficient (Wildman–Crippen LogP) is 3.07. The van der Waals surface area contributed by atoms with E-state index in [1.807, 2.05) is 13.8 Å². The Labute approximate surface area is 156 Å². The van der Waals surface area contributed by atoms with Gasteiger partial charge < -0.3 is 19.7 Å². The van der Waals surface area contributed by atoms with Crippen molar-refractivity contribution < 1.29 is 24.5 Å². The minimum absolute atomic E-state index is 0.404. The van der Waals surface area contributed by atoms with Crippen LogP contribution in [-0.4, -0.2) is 40.5 Å². The van der Waals surface area contributed by atoms with Gasteiger partial charge in [-0.1, -0.05) is 19.8 Å². The fourth-order valence-corrected chi connectivity index (χ4v) is 4.03. The van der Waals surface area contributed by atoms with E-state index >= 15 is 0 Å². The molecule has 140 valence electrons. The highest BCUT2D eigenvalue weighted by Gasteiger charge is 2.56. The third-order valence-electron chi connectivity index (χ3n) is 5.42. The van der Waals surface area contributed by atoms with E-state index in [1.54, 1.807) is 6.20 Å². The maximum Gasteiger partial charge on any atom is 0.303 e. The van der Waals surface area contributed by atoms with Crippen LogP contribution in [0.5, 0.6) is 5.75 Å². The topological polar surface area (TPSA) is 88.9 Å². The molecular formula is C18H26BrNO5. The Bertz CT molecular complexity index is 653. The average Bonchev–Trinajstić information content (AvgIpc) is 2.57. The van der Waals surface area contributed by atoms with Gasteiger partial charge in [-0.05, 0) is 35.7 Å². The fourth-order valence-electron chi connectivity index (χ4n) is 3.74. The summed E-state index contributed by atoms with van der Waals surface area (Å²) in [6, 6.07) is 0. The van der Waals surface area contributed by atoms with Crippen molar-refractivity contribution in [2.75, 3.05) is 13.7 Å². The number of pyridine rings is 1. The first-order chi connectivity index (χ1) is 11.7. The maximum atomic E-state index is 11.8. The molecule has 25 heavy (non-hydrogen) atoms. The summed E-state index contributed by atoms with van der Waals surface area (Å²) in [5.41, 5.74) is -0.961. The van der Waals surface area contributed by atoms with Gasteiger partial charge in [0.15, 0.2) is 6.10 Å². The Balaban J connectivity index is 2.64. The number of esters is 1. The van der Waals surface area contributed by atoms with Gasteiger partial charge in [-0.25, -0.2) is 0 Å². The number of carbonyl (C=O) groups is 1. The fraction of sp³-hybridized carbons (Fsp3) is 0.667. The Hall–Kier alpha value is -1.18. The lowest BCUT2D eigenvalue weighted by Gasteiger charge is -2.50. The molecule has 0 saturated heterocycles. The molecule has 1 aliphatic carbocycles. The van der Waals surface area contributed by atoms with Crippen LogP contribution in [0, 0.1) is 12.3 Å². The van der Waals surface area contributed by atoms with Crippen LogP contribution in [0.4, 0.5) is 0 Å². The van der Waals surface area contributed by atoms with Crippen LogP contribution in [-0.2, 0) is 9.53 Å². The van der Waals surface area contributed by atoms with Crippen molar-refractivity contribution >= 4 is 21.9 Å². The van der Waals surface area contributed by atoms with E-state index in [1.165, 1.54) is 14.0 Å². The lowest BCUT2D eigenvalue weighted by Crippen LogP contribution is -2.55. The molecule has 2 N–H and O–H groups in total. The first-order valence-corrected chi connectivity index (χ1v) is 9.19. The zero-order chi connectivity index (χ0) is 18.8. The third kappa shape index (κ3) is 3.55. The normalized spacial score (nSPS) is 27.6. The summed E-state index contributed by atoms with van der Waals surface area (Å²) in [4.78, 5) is 16.3. The summed E-state index contributed by atoms with van der Waals surface area (Å²) < 4.78 is 12.0. The third-order valence-corrected chi connectivity index (χ3v) is 6.22. The van der Waals surface area contributed by atoms with Crippen LogP contribution in [0.2, 0.25) is 0 Å². The van der Waals surface area contributed by atoms with E-state index in [2.05, 4.69) is 20.9 Å². The zero-order valence-electron chi connectivity index (χ0n) is 15.1. The van der Waals surface area contributed by atoms with E-state index in [-0.39, 0.29) is 0 Å². The van der Waals surface area contributed by atoms with Crippen molar-refractivity contribution in [3.05, 3.63) is 21.9 Å². The SMILES string of the molecule is COc1c(C(OC(C)=O)C2(C)CCCCC2(O)CO)ncc(Br)c1C. The standard InChI is InChI=1S/C18H26BrNO5/c1-11-13(19)9-20-14(15(11)24-4)16(25-12(2)22)17(3)7-5-6-8-18(17,23)10-21/h9,16,21,23H,5-8,10H2,1-4H3. The second-order valence-corrected chi connectivity index (χ2v) is 7.81. The monoisotopic (exact) mass is 415 g/mol. The van der Waals surface area contributed by atoms with Crippen LogP contribution >= 0.6 is 15.9 Å². The molecule has 2 rings (SSSR count). The number of halogens is 1. The number of aliphatic hydroxyl groups is 2. The van der Waals surface area contributed by atoms with Crippen molar-refractivity contribution in [1.29, 1.82) is 0 Å². The molecule has 7 heteroatoms. The summed E-state index contributed by atoms with van der Waals surface area (Å²) in [5.74, 6) is 0.0363. The number of nitrogens with zero attached hydrogens (tertiary/aromatic N) is 1. The average molecular weight is 416 g/mol. The predicted molar refractivity (Wildman–Crippen MR) is 96.3 cm³/mol. The van der Waals surface area contributed by atoms with Crippen molar-refractivity contribution in [3.8, 4) is 5.75 Å². The second-order valence-electron chi connectivity index (χ2n) is 6.95. The number of rotatable bonds is 5. The number of hydrogen-bond donors (Lipinski definition) is 2. The minimum Gasteiger partial charge on any atom is -0.494 e. The van der Waals surface area contributed by atoms with Gasteiger partial charge in [0.25, 0.3) is 0 Å². The summed E-state index contributed by atoms with van der Waals surface area (Å²) in [6.07, 6.45) is 3.52. The van der Waals surface area contributed by atoms with Crippen LogP contribution in [0.15, 0.2) is 10.7 Å². The molecule has 3 unspecified atom stereocenters. The molecule has 1 aromatic rings. The molecule has 0 spiro atoms. The molecule has 0 radical (unpaired) electrons. The van der Waals surface area contributed by atoms with E-state index in [0.717, 1.165) is 22.9 Å². The Morgan fingerprint density at radius 3 is 2.64 bits per heavy atom. The summed E-state index contributed by atoms with van der Waals surface area (Å²) >= 11 is 3.43. The van der Waals surface area contributed by atoms with Crippen molar-refractivity contribution in [2.24, 2.45) is 5.41 Å². The Kier molecular flexibility index (Phi) is 6.12. The summed E-state index contributed by atoms with van der Waals surface area (Å²) in [7, 11) is 1.53. The van der Waals surface area contributed by atoms with Crippen molar-refractivity contribution in [3.63, 3.8) is 0 Å². The number of hydrogen-bond acceptors (Lipinski definition) is 6. The van der Waals surface area contributed by atoms with E-state index in [0.29, 0.717) is 24.3 Å². The van der Waals surface area contributed by atoms with Gasteiger partial charge >= 0.3 is 5.97 Å².